The van der Waals surface area contributed by atoms with Gasteiger partial charge in [0.15, 0.2) is 0 Å². The molecule has 0 bridgehead atoms. The van der Waals surface area contributed by atoms with Crippen molar-refractivity contribution in [1.29, 1.82) is 5.26 Å². The highest BCUT2D eigenvalue weighted by Gasteiger charge is 2.17. The number of nitrogens with zero attached hydrogens (tertiary/aromatic N) is 3. The Balaban J connectivity index is 2.78. The molecule has 1 atom stereocenters. The second-order valence-corrected chi connectivity index (χ2v) is 3.75. The molecule has 1 heterocycles. The minimum atomic E-state index is -0.378. The van der Waals surface area contributed by atoms with Crippen LogP contribution in [-0.4, -0.2) is 35.4 Å². The van der Waals surface area contributed by atoms with Gasteiger partial charge >= 0.3 is 0 Å². The van der Waals surface area contributed by atoms with Crippen LogP contribution in [0, 0.1) is 11.3 Å². The molecule has 1 amide bonds. The lowest BCUT2D eigenvalue weighted by Crippen LogP contribution is -2.39. The first-order valence-electron chi connectivity index (χ1n) is 5.45. The van der Waals surface area contributed by atoms with Crippen LogP contribution in [0.4, 0.5) is 5.69 Å². The molecule has 0 saturated carbocycles. The number of carbonyl (C=O) groups is 1. The molecular weight excluding hydrogens is 216 g/mol. The van der Waals surface area contributed by atoms with Crippen LogP contribution >= 0.6 is 0 Å². The van der Waals surface area contributed by atoms with E-state index in [1.54, 1.807) is 37.3 Å². The Bertz CT molecular complexity index is 438. The Kier molecular flexibility index (Phi) is 4.46. The number of pyridine rings is 1. The summed E-state index contributed by atoms with van der Waals surface area (Å²) in [6, 6.07) is 3.29. The Morgan fingerprint density at radius 1 is 1.71 bits per heavy atom. The molecular formula is C12H16N4O. The summed E-state index contributed by atoms with van der Waals surface area (Å²) in [4.78, 5) is 17.4. The summed E-state index contributed by atoms with van der Waals surface area (Å²) in [6.07, 6.45) is 3.10. The lowest BCUT2D eigenvalue weighted by atomic mass is 10.2. The predicted octanol–water partition coefficient (Wildman–Crippen LogP) is 1.23. The van der Waals surface area contributed by atoms with Crippen molar-refractivity contribution in [2.75, 3.05) is 18.9 Å². The Labute approximate surface area is 101 Å². The van der Waals surface area contributed by atoms with Crippen LogP contribution in [-0.2, 0) is 4.79 Å². The molecule has 0 spiro atoms. The van der Waals surface area contributed by atoms with Crippen LogP contribution in [0.5, 0.6) is 0 Å². The SMILES string of the molecule is CCN(C)C(=O)C(C)Nc1cnccc1C#N. The number of hydrogen-bond acceptors (Lipinski definition) is 4. The molecule has 0 saturated heterocycles. The van der Waals surface area contributed by atoms with Crippen LogP contribution in [0.15, 0.2) is 18.5 Å². The fourth-order valence-electron chi connectivity index (χ4n) is 1.39. The maximum absolute atomic E-state index is 11.8. The third-order valence-corrected chi connectivity index (χ3v) is 2.53. The summed E-state index contributed by atoms with van der Waals surface area (Å²) in [6.45, 7) is 4.33. The lowest BCUT2D eigenvalue weighted by Gasteiger charge is -2.21. The lowest BCUT2D eigenvalue weighted by molar-refractivity contribution is -0.130. The van der Waals surface area contributed by atoms with Gasteiger partial charge in [0, 0.05) is 19.8 Å². The molecule has 1 aromatic rings. The van der Waals surface area contributed by atoms with Crippen molar-refractivity contribution in [3.8, 4) is 6.07 Å². The Morgan fingerprint density at radius 3 is 3.00 bits per heavy atom. The molecule has 0 radical (unpaired) electrons. The average Bonchev–Trinajstić information content (AvgIpc) is 2.37. The third kappa shape index (κ3) is 3.18. The first-order valence-corrected chi connectivity index (χ1v) is 5.45. The minimum Gasteiger partial charge on any atom is -0.372 e. The van der Waals surface area contributed by atoms with E-state index >= 15 is 0 Å². The van der Waals surface area contributed by atoms with Crippen molar-refractivity contribution in [3.63, 3.8) is 0 Å². The number of aromatic nitrogens is 1. The molecule has 0 fully saturated rings. The number of likely N-dealkylation sites (N-methyl/N-ethyl adjacent to an activating group) is 1. The molecule has 17 heavy (non-hydrogen) atoms. The van der Waals surface area contributed by atoms with Crippen LogP contribution in [0.25, 0.3) is 0 Å². The highest BCUT2D eigenvalue weighted by molar-refractivity contribution is 5.84. The quantitative estimate of drug-likeness (QED) is 0.847. The van der Waals surface area contributed by atoms with E-state index in [2.05, 4.69) is 16.4 Å². The first kappa shape index (κ1) is 13.0. The highest BCUT2D eigenvalue weighted by atomic mass is 16.2. The number of carbonyl (C=O) groups excluding carboxylic acids is 1. The maximum Gasteiger partial charge on any atom is 0.244 e. The normalized spacial score (nSPS) is 11.4. The van der Waals surface area contributed by atoms with Gasteiger partial charge in [-0.1, -0.05) is 0 Å². The molecule has 0 aromatic carbocycles. The second kappa shape index (κ2) is 5.85. The zero-order valence-electron chi connectivity index (χ0n) is 10.3. The van der Waals surface area contributed by atoms with Crippen LogP contribution in [0.1, 0.15) is 19.4 Å². The molecule has 0 aliphatic carbocycles. The number of rotatable bonds is 4. The molecule has 0 aliphatic heterocycles. The van der Waals surface area contributed by atoms with Gasteiger partial charge < -0.3 is 10.2 Å². The van der Waals surface area contributed by atoms with E-state index in [4.69, 9.17) is 5.26 Å². The topological polar surface area (TPSA) is 69.0 Å². The van der Waals surface area contributed by atoms with E-state index in [1.807, 2.05) is 6.92 Å². The largest absolute Gasteiger partial charge is 0.372 e. The van der Waals surface area contributed by atoms with E-state index in [0.717, 1.165) is 0 Å². The molecule has 5 nitrogen and oxygen atoms in total. The summed E-state index contributed by atoms with van der Waals surface area (Å²) < 4.78 is 0. The zero-order valence-corrected chi connectivity index (χ0v) is 10.3. The number of nitrogens with one attached hydrogen (secondary N) is 1. The van der Waals surface area contributed by atoms with Crippen molar-refractivity contribution < 1.29 is 4.79 Å². The first-order chi connectivity index (χ1) is 8.10. The van der Waals surface area contributed by atoms with Crippen molar-refractivity contribution in [2.45, 2.75) is 19.9 Å². The molecule has 1 N–H and O–H groups in total. The summed E-state index contributed by atoms with van der Waals surface area (Å²) in [5.74, 6) is -0.0137. The Hall–Kier alpha value is -2.09. The van der Waals surface area contributed by atoms with Gasteiger partial charge in [-0.25, -0.2) is 0 Å². The van der Waals surface area contributed by atoms with Gasteiger partial charge in [-0.15, -0.1) is 0 Å². The molecule has 90 valence electrons. The summed E-state index contributed by atoms with van der Waals surface area (Å²) in [5.41, 5.74) is 1.07. The molecule has 0 aliphatic rings. The van der Waals surface area contributed by atoms with Gasteiger partial charge in [0.1, 0.15) is 12.1 Å². The van der Waals surface area contributed by atoms with E-state index in [9.17, 15) is 4.79 Å². The molecule has 1 unspecified atom stereocenters. The van der Waals surface area contributed by atoms with Crippen molar-refractivity contribution >= 4 is 11.6 Å². The summed E-state index contributed by atoms with van der Waals surface area (Å²) >= 11 is 0. The van der Waals surface area contributed by atoms with Crippen LogP contribution < -0.4 is 5.32 Å². The van der Waals surface area contributed by atoms with E-state index < -0.39 is 0 Å². The van der Waals surface area contributed by atoms with Gasteiger partial charge in [0.05, 0.1) is 17.4 Å². The maximum atomic E-state index is 11.8. The minimum absolute atomic E-state index is 0.0137. The molecule has 1 rings (SSSR count). The summed E-state index contributed by atoms with van der Waals surface area (Å²) in [5, 5.41) is 11.9. The van der Waals surface area contributed by atoms with E-state index in [-0.39, 0.29) is 11.9 Å². The van der Waals surface area contributed by atoms with Crippen molar-refractivity contribution in [1.82, 2.24) is 9.88 Å². The third-order valence-electron chi connectivity index (χ3n) is 2.53. The zero-order chi connectivity index (χ0) is 12.8. The van der Waals surface area contributed by atoms with Gasteiger partial charge in [0.2, 0.25) is 5.91 Å². The van der Waals surface area contributed by atoms with Crippen LogP contribution in [0.2, 0.25) is 0 Å². The standard InChI is InChI=1S/C12H16N4O/c1-4-16(3)12(17)9(2)15-11-8-14-6-5-10(11)7-13/h5-6,8-9,15H,4H2,1-3H3. The van der Waals surface area contributed by atoms with Gasteiger partial charge in [0.25, 0.3) is 0 Å². The van der Waals surface area contributed by atoms with E-state index in [1.165, 1.54) is 0 Å². The second-order valence-electron chi connectivity index (χ2n) is 3.75. The number of hydrogen-bond donors (Lipinski definition) is 1. The van der Waals surface area contributed by atoms with Gasteiger partial charge in [-0.2, -0.15) is 5.26 Å². The fourth-order valence-corrected chi connectivity index (χ4v) is 1.39. The number of nitriles is 1. The van der Waals surface area contributed by atoms with Gasteiger partial charge in [-0.3, -0.25) is 9.78 Å². The monoisotopic (exact) mass is 232 g/mol. The Morgan fingerprint density at radius 2 is 2.41 bits per heavy atom. The van der Waals surface area contributed by atoms with Crippen LogP contribution in [0.3, 0.4) is 0 Å². The molecule has 5 heteroatoms. The smallest absolute Gasteiger partial charge is 0.244 e. The van der Waals surface area contributed by atoms with Gasteiger partial charge in [-0.05, 0) is 19.9 Å². The van der Waals surface area contributed by atoms with Crippen molar-refractivity contribution in [3.05, 3.63) is 24.0 Å². The predicted molar refractivity (Wildman–Crippen MR) is 65.3 cm³/mol. The molecule has 1 aromatic heterocycles. The fraction of sp³-hybridized carbons (Fsp3) is 0.417. The number of amides is 1. The highest BCUT2D eigenvalue weighted by Crippen LogP contribution is 2.13. The number of anilines is 1. The summed E-state index contributed by atoms with van der Waals surface area (Å²) in [7, 11) is 1.75. The average molecular weight is 232 g/mol. The van der Waals surface area contributed by atoms with Crippen molar-refractivity contribution in [2.24, 2.45) is 0 Å². The van der Waals surface area contributed by atoms with E-state index in [0.29, 0.717) is 17.8 Å².